The quantitative estimate of drug-likeness (QED) is 0.755. The lowest BCUT2D eigenvalue weighted by atomic mass is 10.0. The molecular formula is C13H16N6. The topological polar surface area (TPSA) is 92.5 Å². The van der Waals surface area contributed by atoms with Gasteiger partial charge in [-0.2, -0.15) is 15.1 Å². The minimum absolute atomic E-state index is 0.299. The third-order valence-electron chi connectivity index (χ3n) is 5.37. The van der Waals surface area contributed by atoms with Gasteiger partial charge in [0.2, 0.25) is 5.95 Å². The Morgan fingerprint density at radius 3 is 2.79 bits per heavy atom. The highest BCUT2D eigenvalue weighted by Crippen LogP contribution is 2.66. The highest BCUT2D eigenvalue weighted by molar-refractivity contribution is 5.87. The number of aromatic nitrogens is 4. The standard InChI is InChI=1S/C13H16N6/c14-13-17-11(7-4-15-19-12(7)18-13)16-10-8-5-1-2-6(3-5)9(8)10/h4-6,8-10H,1-3H2,(H4,14,15,16,17,18,19). The molecule has 2 aromatic heterocycles. The molecule has 3 aliphatic rings. The minimum atomic E-state index is 0.299. The third-order valence-corrected chi connectivity index (χ3v) is 5.37. The summed E-state index contributed by atoms with van der Waals surface area (Å²) in [5.41, 5.74) is 6.46. The van der Waals surface area contributed by atoms with Crippen LogP contribution in [0.2, 0.25) is 0 Å². The van der Waals surface area contributed by atoms with E-state index in [0.29, 0.717) is 17.6 Å². The van der Waals surface area contributed by atoms with Crippen molar-refractivity contribution in [1.29, 1.82) is 0 Å². The van der Waals surface area contributed by atoms with Crippen LogP contribution in [0.15, 0.2) is 6.20 Å². The number of hydrogen-bond donors (Lipinski definition) is 3. The number of nitrogens with zero attached hydrogens (tertiary/aromatic N) is 3. The molecule has 0 spiro atoms. The maximum atomic E-state index is 5.75. The number of hydrogen-bond acceptors (Lipinski definition) is 5. The number of aromatic amines is 1. The first-order chi connectivity index (χ1) is 9.31. The maximum Gasteiger partial charge on any atom is 0.224 e. The number of rotatable bonds is 2. The van der Waals surface area contributed by atoms with E-state index in [9.17, 15) is 0 Å². The van der Waals surface area contributed by atoms with E-state index in [2.05, 4.69) is 25.5 Å². The van der Waals surface area contributed by atoms with Gasteiger partial charge in [-0.25, -0.2) is 0 Å². The van der Waals surface area contributed by atoms with E-state index in [4.69, 9.17) is 5.73 Å². The molecular weight excluding hydrogens is 240 g/mol. The largest absolute Gasteiger partial charge is 0.368 e. The average Bonchev–Trinajstić information content (AvgIpc) is 2.81. The van der Waals surface area contributed by atoms with Crippen LogP contribution in [0, 0.1) is 23.7 Å². The predicted molar refractivity (Wildman–Crippen MR) is 71.3 cm³/mol. The van der Waals surface area contributed by atoms with Crippen LogP contribution in [0.25, 0.3) is 11.0 Å². The van der Waals surface area contributed by atoms with Gasteiger partial charge in [0, 0.05) is 6.04 Å². The van der Waals surface area contributed by atoms with Crippen molar-refractivity contribution < 1.29 is 0 Å². The fourth-order valence-electron chi connectivity index (χ4n) is 4.64. The smallest absolute Gasteiger partial charge is 0.224 e. The van der Waals surface area contributed by atoms with Crippen molar-refractivity contribution in [3.05, 3.63) is 6.20 Å². The second-order valence-corrected chi connectivity index (χ2v) is 6.22. The fourth-order valence-corrected chi connectivity index (χ4v) is 4.64. The first kappa shape index (κ1) is 10.00. The van der Waals surface area contributed by atoms with Crippen molar-refractivity contribution in [1.82, 2.24) is 20.2 Å². The van der Waals surface area contributed by atoms with Crippen molar-refractivity contribution in [2.45, 2.75) is 25.3 Å². The first-order valence-electron chi connectivity index (χ1n) is 7.04. The number of nitrogens with one attached hydrogen (secondary N) is 2. The van der Waals surface area contributed by atoms with Crippen LogP contribution < -0.4 is 11.1 Å². The maximum absolute atomic E-state index is 5.75. The summed E-state index contributed by atoms with van der Waals surface area (Å²) < 4.78 is 0. The van der Waals surface area contributed by atoms with Crippen molar-refractivity contribution in [2.24, 2.45) is 23.7 Å². The lowest BCUT2D eigenvalue weighted by Crippen LogP contribution is -2.14. The third kappa shape index (κ3) is 1.24. The van der Waals surface area contributed by atoms with Gasteiger partial charge in [-0.3, -0.25) is 5.10 Å². The highest BCUT2D eigenvalue weighted by atomic mass is 15.2. The molecule has 6 nitrogen and oxygen atoms in total. The van der Waals surface area contributed by atoms with Crippen molar-refractivity contribution >= 4 is 22.8 Å². The number of H-pyrrole nitrogens is 1. The summed E-state index contributed by atoms with van der Waals surface area (Å²) in [5.74, 6) is 4.79. The molecule has 2 bridgehead atoms. The normalized spacial score (nSPS) is 38.6. The van der Waals surface area contributed by atoms with E-state index in [1.807, 2.05) is 0 Å². The molecule has 2 aromatic rings. The van der Waals surface area contributed by atoms with Gasteiger partial charge in [-0.1, -0.05) is 0 Å². The summed E-state index contributed by atoms with van der Waals surface area (Å²) in [6.07, 6.45) is 6.08. The summed E-state index contributed by atoms with van der Waals surface area (Å²) in [5, 5.41) is 11.4. The molecule has 4 N–H and O–H groups in total. The number of fused-ring (bicyclic) bond motifs is 6. The summed E-state index contributed by atoms with van der Waals surface area (Å²) in [6.45, 7) is 0. The van der Waals surface area contributed by atoms with E-state index in [1.165, 1.54) is 19.3 Å². The van der Waals surface area contributed by atoms with E-state index in [0.717, 1.165) is 34.9 Å². The van der Waals surface area contributed by atoms with Gasteiger partial charge in [0.25, 0.3) is 0 Å². The molecule has 2 heterocycles. The Kier molecular flexibility index (Phi) is 1.67. The van der Waals surface area contributed by atoms with Gasteiger partial charge in [0.15, 0.2) is 5.65 Å². The molecule has 19 heavy (non-hydrogen) atoms. The van der Waals surface area contributed by atoms with Gasteiger partial charge in [0.05, 0.1) is 11.6 Å². The molecule has 0 amide bonds. The molecule has 98 valence electrons. The molecule has 0 aliphatic heterocycles. The van der Waals surface area contributed by atoms with Crippen molar-refractivity contribution in [3.63, 3.8) is 0 Å². The number of anilines is 2. The van der Waals surface area contributed by atoms with Gasteiger partial charge >= 0.3 is 0 Å². The van der Waals surface area contributed by atoms with Crippen LogP contribution in [0.1, 0.15) is 19.3 Å². The predicted octanol–water partition coefficient (Wildman–Crippen LogP) is 1.39. The summed E-state index contributed by atoms with van der Waals surface area (Å²) >= 11 is 0. The molecule has 5 rings (SSSR count). The van der Waals surface area contributed by atoms with Gasteiger partial charge in [-0.05, 0) is 42.9 Å². The lowest BCUT2D eigenvalue weighted by molar-refractivity contribution is 0.456. The van der Waals surface area contributed by atoms with Crippen LogP contribution in [0.4, 0.5) is 11.8 Å². The summed E-state index contributed by atoms with van der Waals surface area (Å²) in [6, 6.07) is 0.596. The fraction of sp³-hybridized carbons (Fsp3) is 0.615. The second kappa shape index (κ2) is 3.18. The summed E-state index contributed by atoms with van der Waals surface area (Å²) in [4.78, 5) is 8.49. The Hall–Kier alpha value is -1.85. The molecule has 4 atom stereocenters. The summed E-state index contributed by atoms with van der Waals surface area (Å²) in [7, 11) is 0. The van der Waals surface area contributed by atoms with Gasteiger partial charge in [0.1, 0.15) is 5.82 Å². The molecule has 4 unspecified atom stereocenters. The van der Waals surface area contributed by atoms with Crippen LogP contribution >= 0.6 is 0 Å². The van der Waals surface area contributed by atoms with Crippen LogP contribution in [-0.2, 0) is 0 Å². The molecule has 6 heteroatoms. The van der Waals surface area contributed by atoms with Crippen molar-refractivity contribution in [2.75, 3.05) is 11.1 Å². The van der Waals surface area contributed by atoms with E-state index in [1.54, 1.807) is 6.20 Å². The van der Waals surface area contributed by atoms with Crippen LogP contribution in [-0.4, -0.2) is 26.2 Å². The Morgan fingerprint density at radius 1 is 1.21 bits per heavy atom. The molecule has 0 radical (unpaired) electrons. The zero-order valence-corrected chi connectivity index (χ0v) is 10.5. The number of nitrogen functional groups attached to an aromatic ring is 1. The molecule has 0 saturated heterocycles. The number of nitrogens with two attached hydrogens (primary N) is 1. The monoisotopic (exact) mass is 256 g/mol. The SMILES string of the molecule is Nc1nc(NC2C3C4CCC(C4)C23)c2cn[nH]c2n1. The van der Waals surface area contributed by atoms with Crippen LogP contribution in [0.3, 0.4) is 0 Å². The molecule has 3 aliphatic carbocycles. The molecule has 3 fully saturated rings. The zero-order chi connectivity index (χ0) is 12.6. The molecule has 0 aromatic carbocycles. The Balaban J connectivity index is 1.49. The lowest BCUT2D eigenvalue weighted by Gasteiger charge is -2.11. The minimum Gasteiger partial charge on any atom is -0.368 e. The van der Waals surface area contributed by atoms with Crippen molar-refractivity contribution in [3.8, 4) is 0 Å². The second-order valence-electron chi connectivity index (χ2n) is 6.22. The first-order valence-corrected chi connectivity index (χ1v) is 7.04. The van der Waals surface area contributed by atoms with Crippen LogP contribution in [0.5, 0.6) is 0 Å². The highest BCUT2D eigenvalue weighted by Gasteiger charge is 2.65. The Labute approximate surface area is 110 Å². The zero-order valence-electron chi connectivity index (χ0n) is 10.5. The van der Waals surface area contributed by atoms with Gasteiger partial charge in [-0.15, -0.1) is 0 Å². The Morgan fingerprint density at radius 2 is 2.00 bits per heavy atom. The van der Waals surface area contributed by atoms with E-state index >= 15 is 0 Å². The van der Waals surface area contributed by atoms with E-state index in [-0.39, 0.29) is 0 Å². The molecule has 3 saturated carbocycles. The van der Waals surface area contributed by atoms with E-state index < -0.39 is 0 Å². The van der Waals surface area contributed by atoms with Gasteiger partial charge < -0.3 is 11.1 Å². The average molecular weight is 256 g/mol. The Bertz CT molecular complexity index is 648.